The Morgan fingerprint density at radius 3 is 2.52 bits per heavy atom. The molecule has 2 aliphatic rings. The number of nitrogens with zero attached hydrogens (tertiary/aromatic N) is 3. The Morgan fingerprint density at radius 1 is 1.43 bits per heavy atom. The SMILES string of the molecule is CC1Cc2c(C(N)=O)nn(C)c2C(=O)N1CC1(S(C)(=O)=O)CC1. The molecule has 126 valence electrons. The summed E-state index contributed by atoms with van der Waals surface area (Å²) in [6.07, 6.45) is 2.81. The van der Waals surface area contributed by atoms with Crippen molar-refractivity contribution in [1.82, 2.24) is 14.7 Å². The van der Waals surface area contributed by atoms with Crippen LogP contribution >= 0.6 is 0 Å². The number of carbonyl (C=O) groups is 2. The Hall–Kier alpha value is -1.90. The number of hydrogen-bond acceptors (Lipinski definition) is 5. The topological polar surface area (TPSA) is 115 Å². The number of primary amides is 1. The van der Waals surface area contributed by atoms with Crippen LogP contribution in [0.25, 0.3) is 0 Å². The molecule has 0 bridgehead atoms. The minimum absolute atomic E-state index is 0.117. The van der Waals surface area contributed by atoms with Gasteiger partial charge in [0.25, 0.3) is 11.8 Å². The first-order valence-electron chi connectivity index (χ1n) is 7.43. The van der Waals surface area contributed by atoms with Gasteiger partial charge < -0.3 is 10.6 Å². The molecule has 0 saturated heterocycles. The lowest BCUT2D eigenvalue weighted by Crippen LogP contribution is -2.50. The fraction of sp³-hybridized carbons (Fsp3) is 0.643. The predicted molar refractivity (Wildman–Crippen MR) is 82.7 cm³/mol. The minimum atomic E-state index is -3.22. The van der Waals surface area contributed by atoms with E-state index in [2.05, 4.69) is 5.10 Å². The first kappa shape index (κ1) is 16.0. The first-order valence-corrected chi connectivity index (χ1v) is 9.33. The van der Waals surface area contributed by atoms with Crippen LogP contribution in [0.2, 0.25) is 0 Å². The van der Waals surface area contributed by atoms with E-state index in [0.717, 1.165) is 0 Å². The van der Waals surface area contributed by atoms with E-state index >= 15 is 0 Å². The molecular weight excluding hydrogens is 320 g/mol. The van der Waals surface area contributed by atoms with Crippen LogP contribution in [0.15, 0.2) is 0 Å². The molecule has 1 aliphatic carbocycles. The maximum absolute atomic E-state index is 12.8. The molecule has 2 heterocycles. The second-order valence-electron chi connectivity index (χ2n) is 6.61. The molecule has 1 aromatic heterocycles. The average Bonchev–Trinajstić information content (AvgIpc) is 3.13. The van der Waals surface area contributed by atoms with Crippen molar-refractivity contribution in [3.05, 3.63) is 17.0 Å². The van der Waals surface area contributed by atoms with E-state index < -0.39 is 20.5 Å². The van der Waals surface area contributed by atoms with Gasteiger partial charge in [0.05, 0.1) is 4.75 Å². The van der Waals surface area contributed by atoms with Gasteiger partial charge in [-0.15, -0.1) is 0 Å². The van der Waals surface area contributed by atoms with Crippen molar-refractivity contribution >= 4 is 21.7 Å². The van der Waals surface area contributed by atoms with Crippen LogP contribution in [0.3, 0.4) is 0 Å². The highest BCUT2D eigenvalue weighted by molar-refractivity contribution is 7.92. The predicted octanol–water partition coefficient (Wildman–Crippen LogP) is -0.517. The summed E-state index contributed by atoms with van der Waals surface area (Å²) in [7, 11) is -1.64. The summed E-state index contributed by atoms with van der Waals surface area (Å²) in [5, 5.41) is 4.05. The monoisotopic (exact) mass is 340 g/mol. The van der Waals surface area contributed by atoms with Gasteiger partial charge in [0.1, 0.15) is 5.69 Å². The van der Waals surface area contributed by atoms with E-state index in [-0.39, 0.29) is 24.2 Å². The lowest BCUT2D eigenvalue weighted by molar-refractivity contribution is 0.0650. The van der Waals surface area contributed by atoms with Gasteiger partial charge in [0.2, 0.25) is 0 Å². The number of hydrogen-bond donors (Lipinski definition) is 1. The summed E-state index contributed by atoms with van der Waals surface area (Å²) >= 11 is 0. The molecular formula is C14H20N4O4S. The van der Waals surface area contributed by atoms with Gasteiger partial charge in [0, 0.05) is 31.5 Å². The fourth-order valence-corrected chi connectivity index (χ4v) is 4.51. The number of aryl methyl sites for hydroxylation is 1. The lowest BCUT2D eigenvalue weighted by Gasteiger charge is -2.35. The van der Waals surface area contributed by atoms with Crippen LogP contribution in [-0.2, 0) is 23.3 Å². The molecule has 1 fully saturated rings. The van der Waals surface area contributed by atoms with Crippen molar-refractivity contribution in [2.45, 2.75) is 37.0 Å². The zero-order valence-corrected chi connectivity index (χ0v) is 14.2. The maximum atomic E-state index is 12.8. The van der Waals surface area contributed by atoms with Gasteiger partial charge in [0.15, 0.2) is 15.5 Å². The number of aromatic nitrogens is 2. The van der Waals surface area contributed by atoms with Gasteiger partial charge in [-0.3, -0.25) is 14.3 Å². The second-order valence-corrected chi connectivity index (χ2v) is 9.02. The third-order valence-electron chi connectivity index (χ3n) is 4.93. The third kappa shape index (κ3) is 2.34. The number of amides is 2. The van der Waals surface area contributed by atoms with Gasteiger partial charge in [-0.05, 0) is 26.2 Å². The highest BCUT2D eigenvalue weighted by atomic mass is 32.2. The van der Waals surface area contributed by atoms with Crippen molar-refractivity contribution in [3.63, 3.8) is 0 Å². The highest BCUT2D eigenvalue weighted by Gasteiger charge is 2.54. The summed E-state index contributed by atoms with van der Waals surface area (Å²) in [5.74, 6) is -0.957. The van der Waals surface area contributed by atoms with Crippen molar-refractivity contribution in [2.24, 2.45) is 12.8 Å². The van der Waals surface area contributed by atoms with E-state index in [1.165, 1.54) is 10.9 Å². The van der Waals surface area contributed by atoms with Crippen molar-refractivity contribution in [1.29, 1.82) is 0 Å². The molecule has 2 amide bonds. The Balaban J connectivity index is 1.98. The zero-order valence-electron chi connectivity index (χ0n) is 13.4. The Bertz CT molecular complexity index is 807. The normalized spacial score (nSPS) is 22.8. The third-order valence-corrected chi connectivity index (χ3v) is 7.04. The van der Waals surface area contributed by atoms with Crippen LogP contribution in [0.1, 0.15) is 46.3 Å². The van der Waals surface area contributed by atoms with Crippen molar-refractivity contribution < 1.29 is 18.0 Å². The number of rotatable bonds is 4. The molecule has 1 atom stereocenters. The van der Waals surface area contributed by atoms with Crippen LogP contribution in [0.4, 0.5) is 0 Å². The van der Waals surface area contributed by atoms with Crippen LogP contribution in [0.5, 0.6) is 0 Å². The molecule has 1 aromatic rings. The molecule has 2 N–H and O–H groups in total. The van der Waals surface area contributed by atoms with E-state index in [4.69, 9.17) is 5.73 Å². The Labute approximate surface area is 134 Å². The van der Waals surface area contributed by atoms with E-state index in [0.29, 0.717) is 30.5 Å². The van der Waals surface area contributed by atoms with Gasteiger partial charge in [-0.25, -0.2) is 8.42 Å². The molecule has 23 heavy (non-hydrogen) atoms. The minimum Gasteiger partial charge on any atom is -0.364 e. The molecule has 9 heteroatoms. The summed E-state index contributed by atoms with van der Waals surface area (Å²) in [5.41, 5.74) is 6.32. The van der Waals surface area contributed by atoms with Crippen molar-refractivity contribution in [2.75, 3.05) is 12.8 Å². The summed E-state index contributed by atoms with van der Waals surface area (Å²) in [6, 6.07) is -0.212. The van der Waals surface area contributed by atoms with E-state index in [1.807, 2.05) is 6.92 Å². The second kappa shape index (κ2) is 4.80. The van der Waals surface area contributed by atoms with Gasteiger partial charge in [-0.2, -0.15) is 5.10 Å². The van der Waals surface area contributed by atoms with Crippen LogP contribution < -0.4 is 5.73 Å². The Kier molecular flexibility index (Phi) is 3.33. The summed E-state index contributed by atoms with van der Waals surface area (Å²) in [6.45, 7) is 2.03. The largest absolute Gasteiger partial charge is 0.364 e. The Morgan fingerprint density at radius 2 is 2.04 bits per heavy atom. The van der Waals surface area contributed by atoms with Crippen LogP contribution in [0, 0.1) is 0 Å². The maximum Gasteiger partial charge on any atom is 0.272 e. The molecule has 8 nitrogen and oxygen atoms in total. The molecule has 3 rings (SSSR count). The van der Waals surface area contributed by atoms with Crippen molar-refractivity contribution in [3.8, 4) is 0 Å². The summed E-state index contributed by atoms with van der Waals surface area (Å²) in [4.78, 5) is 25.9. The standard InChI is InChI=1S/C14H20N4O4S/c1-8-6-9-10(12(15)19)16-17(2)11(9)13(20)18(8)7-14(4-5-14)23(3,21)22/h8H,4-7H2,1-3H3,(H2,15,19). The van der Waals surface area contributed by atoms with E-state index in [1.54, 1.807) is 11.9 Å². The number of nitrogens with two attached hydrogens (primary N) is 1. The number of sulfone groups is 1. The highest BCUT2D eigenvalue weighted by Crippen LogP contribution is 2.45. The quantitative estimate of drug-likeness (QED) is 0.792. The van der Waals surface area contributed by atoms with Gasteiger partial charge in [-0.1, -0.05) is 0 Å². The van der Waals surface area contributed by atoms with Crippen LogP contribution in [-0.4, -0.2) is 58.5 Å². The fourth-order valence-electron chi connectivity index (χ4n) is 3.29. The molecule has 1 aliphatic heterocycles. The lowest BCUT2D eigenvalue weighted by atomic mass is 9.97. The van der Waals surface area contributed by atoms with E-state index in [9.17, 15) is 18.0 Å². The molecule has 0 aromatic carbocycles. The number of carbonyl (C=O) groups excluding carboxylic acids is 2. The number of fused-ring (bicyclic) bond motifs is 1. The molecule has 0 spiro atoms. The smallest absolute Gasteiger partial charge is 0.272 e. The first-order chi connectivity index (χ1) is 10.6. The zero-order chi connectivity index (χ0) is 17.2. The summed E-state index contributed by atoms with van der Waals surface area (Å²) < 4.78 is 24.5. The van der Waals surface area contributed by atoms with Gasteiger partial charge >= 0.3 is 0 Å². The molecule has 1 saturated carbocycles. The average molecular weight is 340 g/mol. The molecule has 0 radical (unpaired) electrons. The molecule has 1 unspecified atom stereocenters.